The monoisotopic (exact) mass is 452 g/mol. The number of nitrogens with one attached hydrogen (secondary N) is 1. The van der Waals surface area contributed by atoms with Gasteiger partial charge in [-0.2, -0.15) is 0 Å². The van der Waals surface area contributed by atoms with Gasteiger partial charge in [-0.05, 0) is 0 Å². The Morgan fingerprint density at radius 1 is 0.962 bits per heavy atom. The minimum atomic E-state index is -1.52. The number of amides is 1. The van der Waals surface area contributed by atoms with Gasteiger partial charge in [0.1, 0.15) is 0 Å². The zero-order valence-electron chi connectivity index (χ0n) is 16.5. The summed E-state index contributed by atoms with van der Waals surface area (Å²) in [7, 11) is 0. The summed E-state index contributed by atoms with van der Waals surface area (Å²) in [5.74, 6) is 0.700. The number of allylic oxidation sites excluding steroid dienone is 4. The van der Waals surface area contributed by atoms with Crippen molar-refractivity contribution in [2.45, 2.75) is 90.1 Å². The predicted octanol–water partition coefficient (Wildman–Crippen LogP) is -0.608. The fourth-order valence-corrected chi connectivity index (χ4v) is 13.2. The van der Waals surface area contributed by atoms with Crippen LogP contribution in [0.5, 0.6) is 0 Å². The fraction of sp³-hybridized carbons (Fsp3) is 0.750. The number of carbonyl (C=O) groups excluding carboxylic acids is 1. The molecule has 1 fully saturated rings. The first kappa shape index (κ1) is 26.5. The third kappa shape index (κ3) is 9.59. The van der Waals surface area contributed by atoms with E-state index < -0.39 is 24.0 Å². The zero-order valence-corrected chi connectivity index (χ0v) is 20.8. The summed E-state index contributed by atoms with van der Waals surface area (Å²) in [6.07, 6.45) is 22.1. The number of carbonyl (C=O) groups is 1. The van der Waals surface area contributed by atoms with Gasteiger partial charge in [0.2, 0.25) is 0 Å². The third-order valence-electron chi connectivity index (χ3n) is 5.43. The predicted molar refractivity (Wildman–Crippen MR) is 103 cm³/mol. The molecule has 0 radical (unpaired) electrons. The average Bonchev–Trinajstić information content (AvgIpc) is 3.06. The van der Waals surface area contributed by atoms with E-state index in [1.807, 2.05) is 0 Å². The van der Waals surface area contributed by atoms with Gasteiger partial charge in [-0.15, -0.1) is 0 Å². The minimum absolute atomic E-state index is 0. The Bertz CT molecular complexity index is 445. The van der Waals surface area contributed by atoms with Crippen LogP contribution in [0.2, 0.25) is 13.1 Å². The van der Waals surface area contributed by atoms with Crippen molar-refractivity contribution >= 4 is 12.6 Å². The molecule has 0 spiro atoms. The summed E-state index contributed by atoms with van der Waals surface area (Å²) in [6.45, 7) is 4.08. The quantitative estimate of drug-likeness (QED) is 0.566. The maximum atomic E-state index is 13.0. The first-order chi connectivity index (χ1) is 11.7. The van der Waals surface area contributed by atoms with Gasteiger partial charge in [-0.1, -0.05) is 0 Å². The molecule has 6 heteroatoms. The molecule has 1 amide bonds. The van der Waals surface area contributed by atoms with E-state index in [1.165, 1.54) is 57.8 Å². The molecule has 149 valence electrons. The van der Waals surface area contributed by atoms with E-state index in [4.69, 9.17) is 0 Å². The molecule has 0 bridgehead atoms. The fourth-order valence-electron chi connectivity index (χ4n) is 3.90. The Labute approximate surface area is 180 Å². The van der Waals surface area contributed by atoms with Crippen LogP contribution in [-0.4, -0.2) is 12.6 Å². The van der Waals surface area contributed by atoms with Gasteiger partial charge in [-0.25, -0.2) is 0 Å². The van der Waals surface area contributed by atoms with Crippen LogP contribution in [0.3, 0.4) is 0 Å². The molecule has 2 rings (SSSR count). The Hall–Kier alpha value is 0.461. The smallest absolute Gasteiger partial charge is 1.00 e. The second-order valence-corrected chi connectivity index (χ2v) is 20.6. The zero-order chi connectivity index (χ0) is 17.2. The topological polar surface area (TPSA) is 29.1 Å². The summed E-state index contributed by atoms with van der Waals surface area (Å²) < 4.78 is 5.22. The maximum Gasteiger partial charge on any atom is -1.00 e. The molecule has 1 saturated carbocycles. The molecule has 0 unspecified atom stereocenters. The van der Waals surface area contributed by atoms with Gasteiger partial charge < -0.3 is 24.8 Å². The van der Waals surface area contributed by atoms with Crippen LogP contribution in [0, 0.1) is 5.92 Å². The molecule has 2 aliphatic rings. The van der Waals surface area contributed by atoms with Gasteiger partial charge in [0.05, 0.1) is 0 Å². The summed E-state index contributed by atoms with van der Waals surface area (Å²) in [4.78, 5) is 13.0. The van der Waals surface area contributed by atoms with Crippen LogP contribution in [-0.2, 0) is 22.2 Å². The number of rotatable bonds is 4. The van der Waals surface area contributed by atoms with E-state index in [-0.39, 0.29) is 30.7 Å². The van der Waals surface area contributed by atoms with E-state index in [9.17, 15) is 4.79 Å². The minimum Gasteiger partial charge on any atom is -1.00 e. The first-order valence-corrected chi connectivity index (χ1v) is 17.4. The van der Waals surface area contributed by atoms with Gasteiger partial charge in [0, 0.05) is 0 Å². The van der Waals surface area contributed by atoms with Crippen molar-refractivity contribution in [1.29, 1.82) is 0 Å². The average molecular weight is 453 g/mol. The van der Waals surface area contributed by atoms with Crippen LogP contribution in [0.15, 0.2) is 22.1 Å². The molecule has 2 nitrogen and oxygen atoms in total. The van der Waals surface area contributed by atoms with Gasteiger partial charge >= 0.3 is 157 Å². The largest absolute Gasteiger partial charge is 1.00 e. The van der Waals surface area contributed by atoms with Gasteiger partial charge in [0.25, 0.3) is 0 Å². The van der Waals surface area contributed by atoms with Gasteiger partial charge in [0.15, 0.2) is 0 Å². The molecule has 0 aromatic rings. The van der Waals surface area contributed by atoms with Crippen LogP contribution >= 0.6 is 0 Å². The van der Waals surface area contributed by atoms with E-state index >= 15 is 0 Å². The molecule has 26 heavy (non-hydrogen) atoms. The third-order valence-corrected chi connectivity index (χ3v) is 16.6. The number of halogens is 2. The van der Waals surface area contributed by atoms with Crippen molar-refractivity contribution in [3.05, 3.63) is 22.1 Å². The van der Waals surface area contributed by atoms with Crippen LogP contribution in [0.25, 0.3) is 0 Å². The summed E-state index contributed by atoms with van der Waals surface area (Å²) in [6, 6.07) is 0. The Morgan fingerprint density at radius 2 is 1.46 bits per heavy atom. The van der Waals surface area contributed by atoms with Crippen molar-refractivity contribution in [2.75, 3.05) is 0 Å². The van der Waals surface area contributed by atoms with Crippen molar-refractivity contribution in [3.8, 4) is 0 Å². The molecular formula is C20H36Cl2NOSiTi. The van der Waals surface area contributed by atoms with Gasteiger partial charge in [-0.3, -0.25) is 0 Å². The van der Waals surface area contributed by atoms with Crippen molar-refractivity contribution in [3.63, 3.8) is 0 Å². The standard InChI is InChI=1S/C13H25NO.C5H5.C2H7Si.2ClH.Ti/c14-13(15)12-10-8-6-4-2-1-3-5-7-9-11-12;1-2-4-5-3-1;1-3-2;;;/h12H,1-11H2,(H2,14,15);1-3H,4H2;3H,1-2H3;2*1H;/q;;;;;+3/p-3. The van der Waals surface area contributed by atoms with Crippen molar-refractivity contribution in [2.24, 2.45) is 5.92 Å². The molecule has 0 heterocycles. The van der Waals surface area contributed by atoms with E-state index in [2.05, 4.69) is 35.1 Å². The Kier molecular flexibility index (Phi) is 15.7. The molecule has 0 aromatic heterocycles. The number of hydrogen-bond acceptors (Lipinski definition) is 1. The molecule has 0 saturated heterocycles. The molecule has 0 atom stereocenters. The molecular weight excluding hydrogens is 417 g/mol. The van der Waals surface area contributed by atoms with Crippen LogP contribution in [0.1, 0.15) is 77.0 Å². The van der Waals surface area contributed by atoms with Crippen molar-refractivity contribution in [1.82, 2.24) is 3.80 Å². The molecule has 0 aliphatic heterocycles. The second-order valence-electron chi connectivity index (χ2n) is 7.84. The second kappa shape index (κ2) is 15.4. The van der Waals surface area contributed by atoms with Crippen LogP contribution < -0.4 is 28.6 Å². The Morgan fingerprint density at radius 3 is 1.88 bits per heavy atom. The SMILES string of the molecule is C[SiH](C)[Ti+2]([NH]C(=O)C1CCCCCCCCCCC1)[C]1=CC=CC1.[Cl-].[Cl-]. The van der Waals surface area contributed by atoms with Crippen LogP contribution in [0.4, 0.5) is 0 Å². The first-order valence-electron chi connectivity index (χ1n) is 10.2. The van der Waals surface area contributed by atoms with E-state index in [0.29, 0.717) is 5.91 Å². The molecule has 0 aromatic carbocycles. The van der Waals surface area contributed by atoms with E-state index in [1.54, 1.807) is 3.88 Å². The summed E-state index contributed by atoms with van der Waals surface area (Å²) in [5.41, 5.74) is 0. The van der Waals surface area contributed by atoms with E-state index in [0.717, 1.165) is 19.3 Å². The Balaban J connectivity index is 0.00000312. The molecule has 1 N–H and O–H groups in total. The summed E-state index contributed by atoms with van der Waals surface area (Å²) >= 11 is -1.52. The molecule has 2 aliphatic carbocycles. The summed E-state index contributed by atoms with van der Waals surface area (Å²) in [5, 5.41) is 0. The normalized spacial score (nSPS) is 19.4. The van der Waals surface area contributed by atoms with Crippen molar-refractivity contribution < 1.29 is 47.0 Å². The maximum absolute atomic E-state index is 13.0. The number of hydrogen-bond donors (Lipinski definition) is 1.